The zero-order valence-corrected chi connectivity index (χ0v) is 20.9. The Bertz CT molecular complexity index is 1290. The van der Waals surface area contributed by atoms with Gasteiger partial charge in [0.15, 0.2) is 0 Å². The molecule has 5 rings (SSSR count). The number of carbonyl (C=O) groups is 3. The SMILES string of the molecule is COc1ccc(N2CCC(NC(=O)c3cc(CN4C(=O)c5ccccc5C4=O)ccc3OC)CC2)cc1. The molecule has 1 saturated heterocycles. The lowest BCUT2D eigenvalue weighted by molar-refractivity contribution is 0.0642. The Hall–Kier alpha value is -4.33. The summed E-state index contributed by atoms with van der Waals surface area (Å²) in [6, 6.07) is 20.0. The summed E-state index contributed by atoms with van der Waals surface area (Å²) < 4.78 is 10.7. The minimum absolute atomic E-state index is 0.0339. The molecule has 8 nitrogen and oxygen atoms in total. The first-order chi connectivity index (χ1) is 18.0. The number of methoxy groups -OCH3 is 2. The number of amides is 3. The van der Waals surface area contributed by atoms with Gasteiger partial charge in [0.25, 0.3) is 17.7 Å². The van der Waals surface area contributed by atoms with Crippen molar-refractivity contribution in [1.82, 2.24) is 10.2 Å². The fourth-order valence-corrected chi connectivity index (χ4v) is 4.93. The van der Waals surface area contributed by atoms with E-state index in [9.17, 15) is 14.4 Å². The van der Waals surface area contributed by atoms with E-state index in [0.29, 0.717) is 28.0 Å². The van der Waals surface area contributed by atoms with Crippen molar-refractivity contribution < 1.29 is 23.9 Å². The number of fused-ring (bicyclic) bond motifs is 1. The van der Waals surface area contributed by atoms with E-state index in [1.54, 1.807) is 49.6 Å². The van der Waals surface area contributed by atoms with Crippen molar-refractivity contribution in [2.75, 3.05) is 32.2 Å². The van der Waals surface area contributed by atoms with Crippen LogP contribution in [-0.4, -0.2) is 56.0 Å². The maximum absolute atomic E-state index is 13.2. The number of piperidine rings is 1. The van der Waals surface area contributed by atoms with Crippen molar-refractivity contribution in [2.24, 2.45) is 0 Å². The first-order valence-corrected chi connectivity index (χ1v) is 12.3. The van der Waals surface area contributed by atoms with Gasteiger partial charge in [0, 0.05) is 24.8 Å². The average molecular weight is 500 g/mol. The summed E-state index contributed by atoms with van der Waals surface area (Å²) in [7, 11) is 3.17. The second-order valence-corrected chi connectivity index (χ2v) is 9.21. The van der Waals surface area contributed by atoms with Crippen LogP contribution in [0, 0.1) is 0 Å². The van der Waals surface area contributed by atoms with Gasteiger partial charge < -0.3 is 19.7 Å². The van der Waals surface area contributed by atoms with E-state index in [-0.39, 0.29) is 30.3 Å². The highest BCUT2D eigenvalue weighted by atomic mass is 16.5. The molecule has 3 aromatic carbocycles. The Labute approximate surface area is 215 Å². The summed E-state index contributed by atoms with van der Waals surface area (Å²) in [5.41, 5.74) is 3.00. The number of carbonyl (C=O) groups excluding carboxylic acids is 3. The number of benzene rings is 3. The van der Waals surface area contributed by atoms with Crippen LogP contribution in [-0.2, 0) is 6.54 Å². The van der Waals surface area contributed by atoms with Gasteiger partial charge in [-0.15, -0.1) is 0 Å². The van der Waals surface area contributed by atoms with Crippen LogP contribution >= 0.6 is 0 Å². The van der Waals surface area contributed by atoms with Crippen LogP contribution < -0.4 is 19.7 Å². The number of ether oxygens (including phenoxy) is 2. The summed E-state index contributed by atoms with van der Waals surface area (Å²) in [6.45, 7) is 1.74. The fraction of sp³-hybridized carbons (Fsp3) is 0.276. The Kier molecular flexibility index (Phi) is 6.81. The van der Waals surface area contributed by atoms with E-state index >= 15 is 0 Å². The van der Waals surface area contributed by atoms with E-state index < -0.39 is 0 Å². The smallest absolute Gasteiger partial charge is 0.261 e. The zero-order valence-electron chi connectivity index (χ0n) is 20.9. The second-order valence-electron chi connectivity index (χ2n) is 9.21. The van der Waals surface area contributed by atoms with Gasteiger partial charge in [-0.05, 0) is 66.9 Å². The summed E-state index contributed by atoms with van der Waals surface area (Å²) in [5, 5.41) is 3.14. The number of nitrogens with zero attached hydrogens (tertiary/aromatic N) is 2. The lowest BCUT2D eigenvalue weighted by Crippen LogP contribution is -2.44. The molecule has 3 aromatic rings. The quantitative estimate of drug-likeness (QED) is 0.496. The third-order valence-corrected chi connectivity index (χ3v) is 7.00. The number of imide groups is 1. The van der Waals surface area contributed by atoms with Crippen LogP contribution in [0.4, 0.5) is 5.69 Å². The molecule has 3 amide bonds. The maximum Gasteiger partial charge on any atom is 0.261 e. The molecule has 2 aliphatic heterocycles. The van der Waals surface area contributed by atoms with Gasteiger partial charge in [0.2, 0.25) is 0 Å². The summed E-state index contributed by atoms with van der Waals surface area (Å²) >= 11 is 0. The number of nitrogens with one attached hydrogen (secondary N) is 1. The molecular formula is C29H29N3O5. The minimum atomic E-state index is -0.328. The van der Waals surface area contributed by atoms with Gasteiger partial charge in [0.05, 0.1) is 37.5 Å². The van der Waals surface area contributed by atoms with E-state index in [2.05, 4.69) is 10.2 Å². The molecule has 0 aromatic heterocycles. The third-order valence-electron chi connectivity index (χ3n) is 7.00. The Morgan fingerprint density at radius 3 is 2.14 bits per heavy atom. The lowest BCUT2D eigenvalue weighted by atomic mass is 10.0. The van der Waals surface area contributed by atoms with Crippen LogP contribution in [0.5, 0.6) is 11.5 Å². The van der Waals surface area contributed by atoms with Crippen LogP contribution in [0.3, 0.4) is 0 Å². The lowest BCUT2D eigenvalue weighted by Gasteiger charge is -2.34. The normalized spacial score (nSPS) is 15.5. The highest BCUT2D eigenvalue weighted by Gasteiger charge is 2.35. The van der Waals surface area contributed by atoms with Gasteiger partial charge >= 0.3 is 0 Å². The maximum atomic E-state index is 13.2. The molecule has 0 spiro atoms. The molecule has 190 valence electrons. The standard InChI is InChI=1S/C29H29N3O5/c1-36-22-10-8-21(9-11-22)31-15-13-20(14-16-31)30-27(33)25-17-19(7-12-26(25)37-2)18-32-28(34)23-5-3-4-6-24(23)29(32)35/h3-12,17,20H,13-16,18H2,1-2H3,(H,30,33). The highest BCUT2D eigenvalue weighted by molar-refractivity contribution is 6.21. The number of rotatable bonds is 7. The molecule has 0 unspecified atom stereocenters. The summed E-state index contributed by atoms with van der Waals surface area (Å²) in [4.78, 5) is 42.3. The molecule has 0 aliphatic carbocycles. The Morgan fingerprint density at radius 1 is 0.892 bits per heavy atom. The zero-order chi connectivity index (χ0) is 25.9. The predicted octanol–water partition coefficient (Wildman–Crippen LogP) is 3.90. The third kappa shape index (κ3) is 4.87. The molecular weight excluding hydrogens is 470 g/mol. The highest BCUT2D eigenvalue weighted by Crippen LogP contribution is 2.27. The second kappa shape index (κ2) is 10.3. The van der Waals surface area contributed by atoms with Gasteiger partial charge in [0.1, 0.15) is 11.5 Å². The monoisotopic (exact) mass is 499 g/mol. The molecule has 8 heteroatoms. The van der Waals surface area contributed by atoms with E-state index in [0.717, 1.165) is 37.4 Å². The molecule has 2 heterocycles. The largest absolute Gasteiger partial charge is 0.497 e. The molecule has 0 bridgehead atoms. The fourth-order valence-electron chi connectivity index (χ4n) is 4.93. The molecule has 0 radical (unpaired) electrons. The number of hydrogen-bond acceptors (Lipinski definition) is 6. The molecule has 1 N–H and O–H groups in total. The number of anilines is 1. The molecule has 1 fully saturated rings. The van der Waals surface area contributed by atoms with E-state index in [1.165, 1.54) is 12.0 Å². The van der Waals surface area contributed by atoms with Crippen molar-refractivity contribution in [3.8, 4) is 11.5 Å². The minimum Gasteiger partial charge on any atom is -0.497 e. The first-order valence-electron chi connectivity index (χ1n) is 12.3. The van der Waals surface area contributed by atoms with E-state index in [1.807, 2.05) is 24.3 Å². The summed E-state index contributed by atoms with van der Waals surface area (Å²) in [5.74, 6) is 0.380. The van der Waals surface area contributed by atoms with E-state index in [4.69, 9.17) is 9.47 Å². The van der Waals surface area contributed by atoms with Crippen molar-refractivity contribution in [3.63, 3.8) is 0 Å². The summed E-state index contributed by atoms with van der Waals surface area (Å²) in [6.07, 6.45) is 1.63. The van der Waals surface area contributed by atoms with Crippen LogP contribution in [0.2, 0.25) is 0 Å². The van der Waals surface area contributed by atoms with Crippen LogP contribution in [0.15, 0.2) is 66.7 Å². The molecule has 2 aliphatic rings. The predicted molar refractivity (Wildman–Crippen MR) is 139 cm³/mol. The van der Waals surface area contributed by atoms with Gasteiger partial charge in [-0.3, -0.25) is 19.3 Å². The molecule has 0 atom stereocenters. The molecule has 0 saturated carbocycles. The Balaban J connectivity index is 1.24. The topological polar surface area (TPSA) is 88.2 Å². The van der Waals surface area contributed by atoms with Gasteiger partial charge in [-0.1, -0.05) is 18.2 Å². The Morgan fingerprint density at radius 2 is 1.54 bits per heavy atom. The van der Waals surface area contributed by atoms with Crippen molar-refractivity contribution in [3.05, 3.63) is 89.0 Å². The van der Waals surface area contributed by atoms with Gasteiger partial charge in [-0.2, -0.15) is 0 Å². The van der Waals surface area contributed by atoms with Crippen LogP contribution in [0.25, 0.3) is 0 Å². The van der Waals surface area contributed by atoms with Crippen molar-refractivity contribution >= 4 is 23.4 Å². The van der Waals surface area contributed by atoms with Gasteiger partial charge in [-0.25, -0.2) is 0 Å². The first kappa shape index (κ1) is 24.4. The van der Waals surface area contributed by atoms with Crippen molar-refractivity contribution in [2.45, 2.75) is 25.4 Å². The van der Waals surface area contributed by atoms with Crippen molar-refractivity contribution in [1.29, 1.82) is 0 Å². The van der Waals surface area contributed by atoms with Crippen LogP contribution in [0.1, 0.15) is 49.5 Å². The average Bonchev–Trinajstić information content (AvgIpc) is 3.18. The molecule has 37 heavy (non-hydrogen) atoms. The number of hydrogen-bond donors (Lipinski definition) is 1.